The lowest BCUT2D eigenvalue weighted by atomic mass is 10.1. The van der Waals surface area contributed by atoms with E-state index in [1.54, 1.807) is 25.3 Å². The molecule has 8 nitrogen and oxygen atoms in total. The molecule has 1 N–H and O–H groups in total. The number of carbonyl (C=O) groups is 1. The number of nitrogens with zero attached hydrogens (tertiary/aromatic N) is 4. The topological polar surface area (TPSA) is 79.8 Å². The van der Waals surface area contributed by atoms with Gasteiger partial charge in [-0.25, -0.2) is 4.98 Å². The SMILES string of the molecule is CNc1cnc(OCCOC)nc1N(C=O)Cc1ccc(CN2CCCCC2)cc1. The molecule has 2 heterocycles. The van der Waals surface area contributed by atoms with Gasteiger partial charge in [0.05, 0.1) is 25.0 Å². The molecule has 0 bridgehead atoms. The van der Waals surface area contributed by atoms with Crippen molar-refractivity contribution in [1.82, 2.24) is 14.9 Å². The normalized spacial score (nSPS) is 14.3. The van der Waals surface area contributed by atoms with Gasteiger partial charge in [-0.1, -0.05) is 30.7 Å². The third-order valence-electron chi connectivity index (χ3n) is 5.16. The number of hydrogen-bond acceptors (Lipinski definition) is 7. The predicted octanol–water partition coefficient (Wildman–Crippen LogP) is 2.69. The second kappa shape index (κ2) is 11.5. The van der Waals surface area contributed by atoms with E-state index in [-0.39, 0.29) is 6.01 Å². The molecule has 1 aromatic heterocycles. The monoisotopic (exact) mass is 413 g/mol. The molecule has 0 radical (unpaired) electrons. The van der Waals surface area contributed by atoms with E-state index in [4.69, 9.17) is 9.47 Å². The quantitative estimate of drug-likeness (QED) is 0.448. The number of amides is 1. The lowest BCUT2D eigenvalue weighted by Crippen LogP contribution is -2.29. The van der Waals surface area contributed by atoms with Crippen LogP contribution >= 0.6 is 0 Å². The second-order valence-corrected chi connectivity index (χ2v) is 7.37. The molecule has 3 rings (SSSR count). The van der Waals surface area contributed by atoms with Gasteiger partial charge in [0.2, 0.25) is 6.41 Å². The first-order valence-corrected chi connectivity index (χ1v) is 10.4. The molecular formula is C22H31N5O3. The number of hydrogen-bond donors (Lipinski definition) is 1. The van der Waals surface area contributed by atoms with Gasteiger partial charge < -0.3 is 14.8 Å². The minimum atomic E-state index is 0.213. The summed E-state index contributed by atoms with van der Waals surface area (Å²) in [6, 6.07) is 8.65. The van der Waals surface area contributed by atoms with Crippen LogP contribution in [0.25, 0.3) is 0 Å². The van der Waals surface area contributed by atoms with Crippen LogP contribution in [0.1, 0.15) is 30.4 Å². The number of rotatable bonds is 11. The highest BCUT2D eigenvalue weighted by atomic mass is 16.5. The molecule has 0 atom stereocenters. The summed E-state index contributed by atoms with van der Waals surface area (Å²) in [6.07, 6.45) is 6.31. The van der Waals surface area contributed by atoms with E-state index in [0.29, 0.717) is 31.3 Å². The van der Waals surface area contributed by atoms with Gasteiger partial charge in [-0.3, -0.25) is 14.6 Å². The Kier molecular flexibility index (Phi) is 8.41. The highest BCUT2D eigenvalue weighted by Gasteiger charge is 2.16. The molecule has 30 heavy (non-hydrogen) atoms. The van der Waals surface area contributed by atoms with E-state index >= 15 is 0 Å². The fraction of sp³-hybridized carbons (Fsp3) is 0.500. The maximum absolute atomic E-state index is 11.8. The average molecular weight is 414 g/mol. The minimum absolute atomic E-state index is 0.213. The molecule has 1 aliphatic heterocycles. The van der Waals surface area contributed by atoms with E-state index in [2.05, 4.69) is 44.5 Å². The lowest BCUT2D eigenvalue weighted by molar-refractivity contribution is -0.107. The Morgan fingerprint density at radius 1 is 1.13 bits per heavy atom. The first-order valence-electron chi connectivity index (χ1n) is 10.4. The van der Waals surface area contributed by atoms with E-state index in [1.165, 1.54) is 37.9 Å². The standard InChI is InChI=1S/C22H31N5O3/c1-23-20-14-24-22(30-13-12-29-2)25-21(20)27(17-28)16-19-8-6-18(7-9-19)15-26-10-4-3-5-11-26/h6-9,14,17,23H,3-5,10-13,15-16H2,1-2H3. The van der Waals surface area contributed by atoms with Gasteiger partial charge in [0.1, 0.15) is 6.61 Å². The Bertz CT molecular complexity index is 794. The van der Waals surface area contributed by atoms with Crippen molar-refractivity contribution in [2.45, 2.75) is 32.4 Å². The predicted molar refractivity (Wildman–Crippen MR) is 117 cm³/mol. The number of ether oxygens (including phenoxy) is 2. The molecule has 1 aliphatic rings. The summed E-state index contributed by atoms with van der Waals surface area (Å²) in [5, 5.41) is 3.03. The number of anilines is 2. The van der Waals surface area contributed by atoms with Gasteiger partial charge in [-0.05, 0) is 37.1 Å². The highest BCUT2D eigenvalue weighted by Crippen LogP contribution is 2.25. The fourth-order valence-corrected chi connectivity index (χ4v) is 3.52. The maximum atomic E-state index is 11.8. The number of methoxy groups -OCH3 is 1. The molecule has 162 valence electrons. The van der Waals surface area contributed by atoms with Crippen molar-refractivity contribution < 1.29 is 14.3 Å². The van der Waals surface area contributed by atoms with Crippen LogP contribution in [0, 0.1) is 0 Å². The van der Waals surface area contributed by atoms with Crippen molar-refractivity contribution in [1.29, 1.82) is 0 Å². The third kappa shape index (κ3) is 6.14. The molecular weight excluding hydrogens is 382 g/mol. The van der Waals surface area contributed by atoms with Crippen LogP contribution in [0.4, 0.5) is 11.5 Å². The van der Waals surface area contributed by atoms with Gasteiger partial charge in [0.25, 0.3) is 0 Å². The molecule has 2 aromatic rings. The number of piperidine rings is 1. The minimum Gasteiger partial charge on any atom is -0.461 e. The number of benzene rings is 1. The van der Waals surface area contributed by atoms with Gasteiger partial charge >= 0.3 is 6.01 Å². The number of nitrogens with one attached hydrogen (secondary N) is 1. The Labute approximate surface area is 178 Å². The zero-order valence-corrected chi connectivity index (χ0v) is 17.8. The van der Waals surface area contributed by atoms with Crippen LogP contribution in [0.5, 0.6) is 6.01 Å². The third-order valence-corrected chi connectivity index (χ3v) is 5.16. The summed E-state index contributed by atoms with van der Waals surface area (Å²) in [5.41, 5.74) is 2.99. The summed E-state index contributed by atoms with van der Waals surface area (Å²) >= 11 is 0. The van der Waals surface area contributed by atoms with Gasteiger partial charge in [-0.2, -0.15) is 4.98 Å². The van der Waals surface area contributed by atoms with Crippen molar-refractivity contribution in [3.8, 4) is 6.01 Å². The molecule has 0 aliphatic carbocycles. The summed E-state index contributed by atoms with van der Waals surface area (Å²) in [7, 11) is 3.37. The molecule has 1 saturated heterocycles. The lowest BCUT2D eigenvalue weighted by Gasteiger charge is -2.26. The Morgan fingerprint density at radius 3 is 2.53 bits per heavy atom. The highest BCUT2D eigenvalue weighted by molar-refractivity contribution is 5.80. The molecule has 0 spiro atoms. The molecule has 0 saturated carbocycles. The van der Waals surface area contributed by atoms with Crippen LogP contribution in [0.3, 0.4) is 0 Å². The Balaban J connectivity index is 1.68. The molecule has 0 unspecified atom stereocenters. The molecule has 1 amide bonds. The second-order valence-electron chi connectivity index (χ2n) is 7.37. The fourth-order valence-electron chi connectivity index (χ4n) is 3.52. The summed E-state index contributed by atoms with van der Waals surface area (Å²) < 4.78 is 10.5. The molecule has 1 aromatic carbocycles. The van der Waals surface area contributed by atoms with E-state index in [0.717, 1.165) is 18.5 Å². The van der Waals surface area contributed by atoms with Crippen molar-refractivity contribution in [3.05, 3.63) is 41.6 Å². The maximum Gasteiger partial charge on any atom is 0.318 e. The smallest absolute Gasteiger partial charge is 0.318 e. The molecule has 8 heteroatoms. The van der Waals surface area contributed by atoms with Crippen molar-refractivity contribution in [2.24, 2.45) is 0 Å². The van der Waals surface area contributed by atoms with Crippen molar-refractivity contribution >= 4 is 17.9 Å². The van der Waals surface area contributed by atoms with Gasteiger partial charge in [0, 0.05) is 20.7 Å². The first-order chi connectivity index (χ1) is 14.7. The summed E-state index contributed by atoms with van der Waals surface area (Å²) in [6.45, 7) is 4.53. The molecule has 1 fully saturated rings. The Hall–Kier alpha value is -2.71. The van der Waals surface area contributed by atoms with Crippen LogP contribution in [0.15, 0.2) is 30.5 Å². The van der Waals surface area contributed by atoms with E-state index < -0.39 is 0 Å². The zero-order chi connectivity index (χ0) is 21.2. The largest absolute Gasteiger partial charge is 0.461 e. The van der Waals surface area contributed by atoms with E-state index in [1.807, 2.05) is 0 Å². The van der Waals surface area contributed by atoms with Crippen LogP contribution in [-0.2, 0) is 22.6 Å². The van der Waals surface area contributed by atoms with Crippen LogP contribution in [0.2, 0.25) is 0 Å². The van der Waals surface area contributed by atoms with Crippen molar-refractivity contribution in [3.63, 3.8) is 0 Å². The van der Waals surface area contributed by atoms with Crippen LogP contribution < -0.4 is 15.0 Å². The van der Waals surface area contributed by atoms with Crippen LogP contribution in [-0.4, -0.2) is 61.7 Å². The van der Waals surface area contributed by atoms with Crippen molar-refractivity contribution in [2.75, 3.05) is 50.7 Å². The summed E-state index contributed by atoms with van der Waals surface area (Å²) in [5.74, 6) is 0.479. The van der Waals surface area contributed by atoms with Gasteiger partial charge in [-0.15, -0.1) is 0 Å². The van der Waals surface area contributed by atoms with E-state index in [9.17, 15) is 4.79 Å². The van der Waals surface area contributed by atoms with Gasteiger partial charge in [0.15, 0.2) is 5.82 Å². The number of likely N-dealkylation sites (tertiary alicyclic amines) is 1. The average Bonchev–Trinajstić information content (AvgIpc) is 2.79. The number of aromatic nitrogens is 2. The number of carbonyl (C=O) groups excluding carboxylic acids is 1. The Morgan fingerprint density at radius 2 is 1.87 bits per heavy atom. The zero-order valence-electron chi connectivity index (χ0n) is 17.8. The first kappa shape index (κ1) is 22.0. The summed E-state index contributed by atoms with van der Waals surface area (Å²) in [4.78, 5) is 24.5.